The minimum atomic E-state index is -1.53. The summed E-state index contributed by atoms with van der Waals surface area (Å²) in [6.45, 7) is 4.63. The van der Waals surface area contributed by atoms with Crippen molar-refractivity contribution < 1.29 is 44.2 Å². The summed E-state index contributed by atoms with van der Waals surface area (Å²) in [6, 6.07) is 0. The molecular weight excluding hydrogens is 733 g/mol. The van der Waals surface area contributed by atoms with Gasteiger partial charge >= 0.3 is 5.97 Å². The highest BCUT2D eigenvalue weighted by Gasteiger charge is 2.44. The van der Waals surface area contributed by atoms with Gasteiger partial charge in [-0.1, -0.05) is 226 Å². The van der Waals surface area contributed by atoms with Crippen LogP contribution in [-0.4, -0.2) is 89.6 Å². The lowest BCUT2D eigenvalue weighted by Crippen LogP contribution is -2.59. The lowest BCUT2D eigenvalue weighted by Gasteiger charge is -2.39. The molecule has 0 bridgehead atoms. The Morgan fingerprint density at radius 2 is 0.845 bits per heavy atom. The van der Waals surface area contributed by atoms with Gasteiger partial charge in [0.2, 0.25) is 0 Å². The van der Waals surface area contributed by atoms with Gasteiger partial charge in [0, 0.05) is 13.0 Å². The molecule has 0 spiro atoms. The van der Waals surface area contributed by atoms with Crippen molar-refractivity contribution in [3.8, 4) is 0 Å². The van der Waals surface area contributed by atoms with Gasteiger partial charge in [-0.05, 0) is 12.8 Å². The van der Waals surface area contributed by atoms with Gasteiger partial charge in [-0.3, -0.25) is 4.79 Å². The van der Waals surface area contributed by atoms with Crippen LogP contribution in [0.5, 0.6) is 0 Å². The van der Waals surface area contributed by atoms with E-state index in [-0.39, 0.29) is 19.2 Å². The number of hydrogen-bond donors (Lipinski definition) is 4. The molecule has 346 valence electrons. The summed E-state index contributed by atoms with van der Waals surface area (Å²) in [5.41, 5.74) is 0. The normalized spacial score (nSPS) is 20.1. The molecule has 0 aromatic carbocycles. The first kappa shape index (κ1) is 55.2. The highest BCUT2D eigenvalue weighted by Crippen LogP contribution is 2.23. The summed E-state index contributed by atoms with van der Waals surface area (Å²) in [5, 5.41) is 40.2. The zero-order chi connectivity index (χ0) is 42.2. The third-order valence-corrected chi connectivity index (χ3v) is 12.0. The van der Waals surface area contributed by atoms with Gasteiger partial charge in [0.1, 0.15) is 30.5 Å². The predicted molar refractivity (Wildman–Crippen MR) is 238 cm³/mol. The molecule has 6 atom stereocenters. The summed E-state index contributed by atoms with van der Waals surface area (Å²) >= 11 is 0. The van der Waals surface area contributed by atoms with E-state index in [1.807, 2.05) is 0 Å². The van der Waals surface area contributed by atoms with E-state index in [0.29, 0.717) is 13.0 Å². The summed E-state index contributed by atoms with van der Waals surface area (Å²) < 4.78 is 22.9. The van der Waals surface area contributed by atoms with Crippen LogP contribution in [0, 0.1) is 0 Å². The van der Waals surface area contributed by atoms with Crippen molar-refractivity contribution in [2.75, 3.05) is 26.4 Å². The van der Waals surface area contributed by atoms with E-state index in [1.165, 1.54) is 193 Å². The van der Waals surface area contributed by atoms with Crippen molar-refractivity contribution >= 4 is 5.97 Å². The molecule has 0 radical (unpaired) electrons. The fourth-order valence-corrected chi connectivity index (χ4v) is 8.08. The summed E-state index contributed by atoms with van der Waals surface area (Å²) in [5.74, 6) is -0.305. The van der Waals surface area contributed by atoms with E-state index in [1.54, 1.807) is 0 Å². The molecular formula is C49H96O9. The lowest BCUT2D eigenvalue weighted by molar-refractivity contribution is -0.305. The van der Waals surface area contributed by atoms with Crippen LogP contribution in [0.4, 0.5) is 0 Å². The number of rotatable bonds is 44. The second-order valence-electron chi connectivity index (χ2n) is 17.6. The van der Waals surface area contributed by atoms with Crippen LogP contribution in [-0.2, 0) is 23.7 Å². The molecule has 0 saturated carbocycles. The standard InChI is InChI=1S/C49H96O9/c1-3-5-7-9-11-13-15-17-19-21-22-23-24-26-28-30-32-34-36-38-45(51)57-43(42-56-49-48(54)47(53)46(52)44(40-50)58-49)41-55-39-37-35-33-31-29-27-25-20-18-16-14-12-10-8-6-4-2/h43-44,46-50,52-54H,3-42H2,1-2H3. The van der Waals surface area contributed by atoms with E-state index >= 15 is 0 Å². The van der Waals surface area contributed by atoms with Crippen LogP contribution in [0.25, 0.3) is 0 Å². The average Bonchev–Trinajstić information content (AvgIpc) is 3.22. The molecule has 0 aromatic rings. The number of carbonyl (C=O) groups excluding carboxylic acids is 1. The van der Waals surface area contributed by atoms with Gasteiger partial charge in [0.25, 0.3) is 0 Å². The smallest absolute Gasteiger partial charge is 0.306 e. The minimum absolute atomic E-state index is 0.105. The van der Waals surface area contributed by atoms with Gasteiger partial charge < -0.3 is 39.4 Å². The highest BCUT2D eigenvalue weighted by atomic mass is 16.7. The van der Waals surface area contributed by atoms with Crippen LogP contribution in [0.1, 0.15) is 245 Å². The molecule has 9 nitrogen and oxygen atoms in total. The molecule has 1 aliphatic rings. The Morgan fingerprint density at radius 3 is 1.22 bits per heavy atom. The zero-order valence-electron chi connectivity index (χ0n) is 38.1. The molecule has 0 aromatic heterocycles. The Bertz CT molecular complexity index is 858. The molecule has 0 aliphatic carbocycles. The van der Waals surface area contributed by atoms with Crippen LogP contribution in [0.2, 0.25) is 0 Å². The molecule has 1 rings (SSSR count). The molecule has 1 fully saturated rings. The predicted octanol–water partition coefficient (Wildman–Crippen LogP) is 11.8. The Labute approximate surface area is 357 Å². The summed E-state index contributed by atoms with van der Waals surface area (Å²) in [4.78, 5) is 12.8. The first-order chi connectivity index (χ1) is 28.4. The molecule has 6 unspecified atom stereocenters. The van der Waals surface area contributed by atoms with E-state index in [0.717, 1.165) is 32.1 Å². The van der Waals surface area contributed by atoms with Gasteiger partial charge in [0.05, 0.1) is 19.8 Å². The average molecular weight is 829 g/mol. The van der Waals surface area contributed by atoms with Crippen molar-refractivity contribution in [2.45, 2.75) is 282 Å². The van der Waals surface area contributed by atoms with Crippen molar-refractivity contribution in [3.05, 3.63) is 0 Å². The van der Waals surface area contributed by atoms with Gasteiger partial charge in [-0.15, -0.1) is 0 Å². The van der Waals surface area contributed by atoms with Crippen molar-refractivity contribution in [3.63, 3.8) is 0 Å². The molecule has 1 saturated heterocycles. The molecule has 4 N–H and O–H groups in total. The Kier molecular flexibility index (Phi) is 39.5. The van der Waals surface area contributed by atoms with Gasteiger partial charge in [0.15, 0.2) is 6.29 Å². The maximum atomic E-state index is 12.8. The number of ether oxygens (including phenoxy) is 4. The van der Waals surface area contributed by atoms with Crippen LogP contribution in [0.15, 0.2) is 0 Å². The van der Waals surface area contributed by atoms with Gasteiger partial charge in [-0.25, -0.2) is 0 Å². The number of carbonyl (C=O) groups is 1. The minimum Gasteiger partial charge on any atom is -0.457 e. The largest absolute Gasteiger partial charge is 0.457 e. The van der Waals surface area contributed by atoms with E-state index in [4.69, 9.17) is 18.9 Å². The number of aliphatic hydroxyl groups is 4. The molecule has 1 aliphatic heterocycles. The first-order valence-electron chi connectivity index (χ1n) is 25.1. The van der Waals surface area contributed by atoms with E-state index in [2.05, 4.69) is 13.8 Å². The maximum absolute atomic E-state index is 12.8. The Morgan fingerprint density at radius 1 is 0.483 bits per heavy atom. The quantitative estimate of drug-likeness (QED) is 0.0350. The summed E-state index contributed by atoms with van der Waals surface area (Å²) in [6.07, 6.45) is 38.4. The van der Waals surface area contributed by atoms with Crippen molar-refractivity contribution in [1.82, 2.24) is 0 Å². The van der Waals surface area contributed by atoms with Crippen molar-refractivity contribution in [2.24, 2.45) is 0 Å². The fourth-order valence-electron chi connectivity index (χ4n) is 8.08. The molecule has 58 heavy (non-hydrogen) atoms. The molecule has 9 heteroatoms. The van der Waals surface area contributed by atoms with Crippen LogP contribution in [0.3, 0.4) is 0 Å². The molecule has 1 heterocycles. The van der Waals surface area contributed by atoms with Gasteiger partial charge in [-0.2, -0.15) is 0 Å². The number of hydrogen-bond acceptors (Lipinski definition) is 9. The first-order valence-corrected chi connectivity index (χ1v) is 25.1. The monoisotopic (exact) mass is 829 g/mol. The fraction of sp³-hybridized carbons (Fsp3) is 0.980. The maximum Gasteiger partial charge on any atom is 0.306 e. The topological polar surface area (TPSA) is 135 Å². The van der Waals surface area contributed by atoms with E-state index < -0.39 is 43.4 Å². The highest BCUT2D eigenvalue weighted by molar-refractivity contribution is 5.69. The number of aliphatic hydroxyl groups excluding tert-OH is 4. The molecule has 0 amide bonds. The third kappa shape index (κ3) is 32.0. The second kappa shape index (κ2) is 41.5. The van der Waals surface area contributed by atoms with E-state index in [9.17, 15) is 25.2 Å². The number of unbranched alkanes of at least 4 members (excludes halogenated alkanes) is 33. The SMILES string of the molecule is CCCCCCCCCCCCCCCCCCCCCC(=O)OC(COCCCCCCCCCCCCCCCCCC)COC1OC(CO)C(O)C(O)C1O. The lowest BCUT2D eigenvalue weighted by atomic mass is 9.99. The van der Waals surface area contributed by atoms with Crippen molar-refractivity contribution in [1.29, 1.82) is 0 Å². The Hall–Kier alpha value is -0.810. The number of esters is 1. The third-order valence-electron chi connectivity index (χ3n) is 12.0. The zero-order valence-corrected chi connectivity index (χ0v) is 38.1. The second-order valence-corrected chi connectivity index (χ2v) is 17.6. The van der Waals surface area contributed by atoms with Crippen LogP contribution >= 0.6 is 0 Å². The summed E-state index contributed by atoms with van der Waals surface area (Å²) in [7, 11) is 0. The Balaban J connectivity index is 2.19. The van der Waals surface area contributed by atoms with Crippen LogP contribution < -0.4 is 0 Å².